The van der Waals surface area contributed by atoms with Crippen LogP contribution in [-0.4, -0.2) is 46.6 Å². The average Bonchev–Trinajstić information content (AvgIpc) is 2.40. The number of carbonyl (C=O) groups is 1. The normalized spacial score (nSPS) is 34.4. The molecule has 0 bridgehead atoms. The molecule has 4 heteroatoms. The first-order chi connectivity index (χ1) is 8.68. The van der Waals surface area contributed by atoms with Gasteiger partial charge < -0.3 is 5.11 Å². The average molecular weight is 271 g/mol. The van der Waals surface area contributed by atoms with E-state index in [-0.39, 0.29) is 0 Å². The van der Waals surface area contributed by atoms with Crippen LogP contribution in [0.15, 0.2) is 0 Å². The Morgan fingerprint density at radius 2 is 2.33 bits per heavy atom. The van der Waals surface area contributed by atoms with Gasteiger partial charge in [0.15, 0.2) is 0 Å². The number of carboxylic acid groups (broad SMARTS) is 1. The molecule has 1 N–H and O–H groups in total. The van der Waals surface area contributed by atoms with Gasteiger partial charge in [-0.25, -0.2) is 0 Å². The topological polar surface area (TPSA) is 40.5 Å². The molecule has 0 aromatic rings. The maximum Gasteiger partial charge on any atom is 0.310 e. The number of likely N-dealkylation sites (tertiary alicyclic amines) is 1. The Morgan fingerprint density at radius 1 is 1.50 bits per heavy atom. The Labute approximate surface area is 114 Å². The molecule has 0 amide bonds. The van der Waals surface area contributed by atoms with Crippen molar-refractivity contribution in [2.45, 2.75) is 51.5 Å². The summed E-state index contributed by atoms with van der Waals surface area (Å²) in [4.78, 5) is 14.1. The number of hydrogen-bond donors (Lipinski definition) is 1. The number of carboxylic acids is 1. The Kier molecular flexibility index (Phi) is 4.96. The lowest BCUT2D eigenvalue weighted by Gasteiger charge is -2.44. The molecule has 2 unspecified atom stereocenters. The molecule has 2 rings (SSSR count). The quantitative estimate of drug-likeness (QED) is 0.853. The molecule has 2 aliphatic rings. The zero-order valence-electron chi connectivity index (χ0n) is 11.4. The van der Waals surface area contributed by atoms with E-state index < -0.39 is 11.4 Å². The molecule has 104 valence electrons. The summed E-state index contributed by atoms with van der Waals surface area (Å²) in [7, 11) is 0. The lowest BCUT2D eigenvalue weighted by atomic mass is 9.76. The largest absolute Gasteiger partial charge is 0.481 e. The van der Waals surface area contributed by atoms with Gasteiger partial charge in [-0.15, -0.1) is 0 Å². The summed E-state index contributed by atoms with van der Waals surface area (Å²) in [6, 6.07) is 0.625. The number of aliphatic carboxylic acids is 1. The molecular weight excluding hydrogens is 246 g/mol. The predicted molar refractivity (Wildman–Crippen MR) is 76.1 cm³/mol. The maximum absolute atomic E-state index is 11.7. The second-order valence-corrected chi connectivity index (χ2v) is 6.93. The predicted octanol–water partition coefficient (Wildman–Crippen LogP) is 2.85. The van der Waals surface area contributed by atoms with Crippen molar-refractivity contribution in [1.29, 1.82) is 0 Å². The van der Waals surface area contributed by atoms with Gasteiger partial charge in [0.05, 0.1) is 5.41 Å². The Morgan fingerprint density at radius 3 is 2.94 bits per heavy atom. The molecular formula is C14H25NO2S. The van der Waals surface area contributed by atoms with Gasteiger partial charge in [-0.3, -0.25) is 9.69 Å². The number of thioether (sulfide) groups is 1. The van der Waals surface area contributed by atoms with E-state index in [1.807, 2.05) is 11.8 Å². The molecule has 0 spiro atoms. The summed E-state index contributed by atoms with van der Waals surface area (Å²) in [5, 5.41) is 9.60. The highest BCUT2D eigenvalue weighted by atomic mass is 32.2. The van der Waals surface area contributed by atoms with Crippen LogP contribution in [0.3, 0.4) is 0 Å². The summed E-state index contributed by atoms with van der Waals surface area (Å²) in [6.07, 6.45) is 6.27. The fraction of sp³-hybridized carbons (Fsp3) is 0.929. The minimum atomic E-state index is -0.572. The molecule has 2 saturated heterocycles. The van der Waals surface area contributed by atoms with Gasteiger partial charge in [0.25, 0.3) is 0 Å². The van der Waals surface area contributed by atoms with E-state index in [1.165, 1.54) is 24.3 Å². The van der Waals surface area contributed by atoms with Gasteiger partial charge in [-0.05, 0) is 44.4 Å². The zero-order chi connectivity index (χ0) is 13.0. The second kappa shape index (κ2) is 6.29. The summed E-state index contributed by atoms with van der Waals surface area (Å²) in [5.41, 5.74) is -0.463. The van der Waals surface area contributed by atoms with Crippen LogP contribution >= 0.6 is 11.8 Å². The summed E-state index contributed by atoms with van der Waals surface area (Å²) >= 11 is 2.03. The van der Waals surface area contributed by atoms with E-state index in [1.54, 1.807) is 0 Å². The van der Waals surface area contributed by atoms with Crippen LogP contribution in [0, 0.1) is 5.41 Å². The third kappa shape index (κ3) is 3.02. The molecule has 0 saturated carbocycles. The molecule has 2 heterocycles. The van der Waals surface area contributed by atoms with E-state index in [0.29, 0.717) is 6.04 Å². The van der Waals surface area contributed by atoms with E-state index in [9.17, 15) is 9.90 Å². The van der Waals surface area contributed by atoms with Crippen LogP contribution in [0.5, 0.6) is 0 Å². The Hall–Kier alpha value is -0.220. The van der Waals surface area contributed by atoms with Crippen molar-refractivity contribution >= 4 is 17.7 Å². The van der Waals surface area contributed by atoms with Gasteiger partial charge in [-0.2, -0.15) is 11.8 Å². The van der Waals surface area contributed by atoms with Crippen LogP contribution in [0.4, 0.5) is 0 Å². The third-order valence-corrected chi connectivity index (χ3v) is 5.64. The van der Waals surface area contributed by atoms with Crippen molar-refractivity contribution in [2.24, 2.45) is 5.41 Å². The fourth-order valence-electron chi connectivity index (χ4n) is 3.45. The monoisotopic (exact) mass is 271 g/mol. The molecule has 3 nitrogen and oxygen atoms in total. The highest BCUT2D eigenvalue weighted by molar-refractivity contribution is 7.99. The van der Waals surface area contributed by atoms with Crippen LogP contribution in [0.2, 0.25) is 0 Å². The van der Waals surface area contributed by atoms with E-state index >= 15 is 0 Å². The van der Waals surface area contributed by atoms with Crippen LogP contribution < -0.4 is 0 Å². The van der Waals surface area contributed by atoms with Gasteiger partial charge >= 0.3 is 5.97 Å². The van der Waals surface area contributed by atoms with Crippen molar-refractivity contribution in [3.05, 3.63) is 0 Å². The maximum atomic E-state index is 11.7. The Balaban J connectivity index is 2.03. The molecule has 2 fully saturated rings. The SMILES string of the molecule is CCCC1(C(=O)O)CCCN(C2CCCSC2)C1. The number of hydrogen-bond acceptors (Lipinski definition) is 3. The summed E-state index contributed by atoms with van der Waals surface area (Å²) in [6.45, 7) is 3.98. The molecule has 0 aromatic carbocycles. The molecule has 2 atom stereocenters. The van der Waals surface area contributed by atoms with Crippen molar-refractivity contribution in [1.82, 2.24) is 4.90 Å². The van der Waals surface area contributed by atoms with Gasteiger partial charge in [0.2, 0.25) is 0 Å². The molecule has 0 aromatic heterocycles. The van der Waals surface area contributed by atoms with Crippen LogP contribution in [-0.2, 0) is 4.79 Å². The number of piperidine rings is 1. The van der Waals surface area contributed by atoms with Crippen LogP contribution in [0.25, 0.3) is 0 Å². The van der Waals surface area contributed by atoms with Crippen molar-refractivity contribution in [3.8, 4) is 0 Å². The first kappa shape index (κ1) is 14.2. The third-order valence-electron chi connectivity index (χ3n) is 4.44. The molecule has 18 heavy (non-hydrogen) atoms. The number of nitrogens with zero attached hydrogens (tertiary/aromatic N) is 1. The van der Waals surface area contributed by atoms with Crippen LogP contribution in [0.1, 0.15) is 45.4 Å². The zero-order valence-corrected chi connectivity index (χ0v) is 12.2. The standard InChI is InChI=1S/C14H25NO2S/c1-2-6-14(13(16)17)7-4-8-15(11-14)12-5-3-9-18-10-12/h12H,2-11H2,1H3,(H,16,17). The van der Waals surface area contributed by atoms with E-state index in [0.717, 1.165) is 38.8 Å². The summed E-state index contributed by atoms with van der Waals surface area (Å²) in [5.74, 6) is 1.91. The summed E-state index contributed by atoms with van der Waals surface area (Å²) < 4.78 is 0. The van der Waals surface area contributed by atoms with Gasteiger partial charge in [-0.1, -0.05) is 13.3 Å². The van der Waals surface area contributed by atoms with E-state index in [4.69, 9.17) is 0 Å². The van der Waals surface area contributed by atoms with Crippen molar-refractivity contribution < 1.29 is 9.90 Å². The fourth-order valence-corrected chi connectivity index (χ4v) is 4.64. The number of rotatable bonds is 4. The second-order valence-electron chi connectivity index (χ2n) is 5.78. The first-order valence-electron chi connectivity index (χ1n) is 7.23. The van der Waals surface area contributed by atoms with Gasteiger partial charge in [0, 0.05) is 18.3 Å². The molecule has 2 aliphatic heterocycles. The van der Waals surface area contributed by atoms with Gasteiger partial charge in [0.1, 0.15) is 0 Å². The lowest BCUT2D eigenvalue weighted by molar-refractivity contribution is -0.153. The van der Waals surface area contributed by atoms with Crippen molar-refractivity contribution in [2.75, 3.05) is 24.6 Å². The molecule has 0 aliphatic carbocycles. The van der Waals surface area contributed by atoms with E-state index in [2.05, 4.69) is 11.8 Å². The first-order valence-corrected chi connectivity index (χ1v) is 8.38. The van der Waals surface area contributed by atoms with Crippen molar-refractivity contribution in [3.63, 3.8) is 0 Å². The minimum Gasteiger partial charge on any atom is -0.481 e. The molecule has 0 radical (unpaired) electrons. The lowest BCUT2D eigenvalue weighted by Crippen LogP contribution is -2.52. The Bertz CT molecular complexity index is 288. The smallest absolute Gasteiger partial charge is 0.310 e. The highest BCUT2D eigenvalue weighted by Crippen LogP contribution is 2.37. The highest BCUT2D eigenvalue weighted by Gasteiger charge is 2.43. The minimum absolute atomic E-state index is 0.463.